The highest BCUT2D eigenvalue weighted by atomic mass is 19.1. The van der Waals surface area contributed by atoms with E-state index < -0.39 is 11.7 Å². The number of fused-ring (bicyclic) bond motifs is 1. The number of amides is 2. The van der Waals surface area contributed by atoms with Crippen LogP contribution >= 0.6 is 0 Å². The Balaban J connectivity index is 1.72. The highest BCUT2D eigenvalue weighted by Gasteiger charge is 2.17. The molecule has 138 valence electrons. The van der Waals surface area contributed by atoms with E-state index in [1.165, 1.54) is 29.2 Å². The average Bonchev–Trinajstić information content (AvgIpc) is 2.67. The molecule has 0 unspecified atom stereocenters. The minimum atomic E-state index is -0.523. The van der Waals surface area contributed by atoms with E-state index in [0.717, 1.165) is 10.8 Å². The van der Waals surface area contributed by atoms with Crippen molar-refractivity contribution in [3.8, 4) is 5.75 Å². The van der Waals surface area contributed by atoms with Crippen LogP contribution in [0.1, 0.15) is 6.42 Å². The molecule has 0 atom stereocenters. The summed E-state index contributed by atoms with van der Waals surface area (Å²) in [5.74, 6) is -0.717. The summed E-state index contributed by atoms with van der Waals surface area (Å²) in [5.41, 5.74) is 5.67. The van der Waals surface area contributed by atoms with Gasteiger partial charge in [-0.3, -0.25) is 9.59 Å². The molecule has 2 N–H and O–H groups in total. The maximum atomic E-state index is 13.2. The van der Waals surface area contributed by atoms with Crippen molar-refractivity contribution in [1.82, 2.24) is 0 Å². The van der Waals surface area contributed by atoms with Gasteiger partial charge >= 0.3 is 0 Å². The predicted octanol–water partition coefficient (Wildman–Crippen LogP) is 3.27. The summed E-state index contributed by atoms with van der Waals surface area (Å²) >= 11 is 0. The van der Waals surface area contributed by atoms with Crippen molar-refractivity contribution in [3.63, 3.8) is 0 Å². The summed E-state index contributed by atoms with van der Waals surface area (Å²) in [6, 6.07) is 18.9. The molecule has 0 radical (unpaired) electrons. The lowest BCUT2D eigenvalue weighted by Crippen LogP contribution is -2.37. The molecular weight excluding hydrogens is 347 g/mol. The van der Waals surface area contributed by atoms with Crippen molar-refractivity contribution in [2.45, 2.75) is 6.42 Å². The fourth-order valence-electron chi connectivity index (χ4n) is 2.72. The van der Waals surface area contributed by atoms with Gasteiger partial charge in [-0.15, -0.1) is 0 Å². The van der Waals surface area contributed by atoms with Crippen molar-refractivity contribution in [3.05, 3.63) is 72.5 Å². The van der Waals surface area contributed by atoms with E-state index in [9.17, 15) is 14.0 Å². The SMILES string of the molecule is NC(=O)CCN(C(=O)COc1ccc2ccccc2c1)c1ccc(F)cc1. The lowest BCUT2D eigenvalue weighted by molar-refractivity contribution is -0.120. The van der Waals surface area contributed by atoms with Crippen LogP contribution in [0.25, 0.3) is 10.8 Å². The van der Waals surface area contributed by atoms with Gasteiger partial charge < -0.3 is 15.4 Å². The highest BCUT2D eigenvalue weighted by Crippen LogP contribution is 2.21. The maximum Gasteiger partial charge on any atom is 0.264 e. The molecule has 3 rings (SSSR count). The van der Waals surface area contributed by atoms with Gasteiger partial charge in [0.25, 0.3) is 5.91 Å². The number of hydrogen-bond acceptors (Lipinski definition) is 3. The van der Waals surface area contributed by atoms with Gasteiger partial charge in [-0.05, 0) is 47.2 Å². The van der Waals surface area contributed by atoms with E-state index in [1.807, 2.05) is 36.4 Å². The van der Waals surface area contributed by atoms with Gasteiger partial charge in [0.05, 0.1) is 0 Å². The molecule has 0 fully saturated rings. The molecule has 3 aromatic carbocycles. The molecule has 0 saturated heterocycles. The summed E-state index contributed by atoms with van der Waals surface area (Å²) in [6.45, 7) is -0.116. The Kier molecular flexibility index (Phi) is 5.66. The van der Waals surface area contributed by atoms with E-state index in [1.54, 1.807) is 6.07 Å². The highest BCUT2D eigenvalue weighted by molar-refractivity contribution is 5.95. The van der Waals surface area contributed by atoms with E-state index in [4.69, 9.17) is 10.5 Å². The molecule has 0 aliphatic rings. The monoisotopic (exact) mass is 366 g/mol. The van der Waals surface area contributed by atoms with Gasteiger partial charge in [0, 0.05) is 18.7 Å². The van der Waals surface area contributed by atoms with Crippen LogP contribution < -0.4 is 15.4 Å². The molecule has 0 aliphatic heterocycles. The number of rotatable bonds is 7. The van der Waals surface area contributed by atoms with E-state index in [2.05, 4.69) is 0 Å². The number of hydrogen-bond donors (Lipinski definition) is 1. The third-order valence-electron chi connectivity index (χ3n) is 4.10. The van der Waals surface area contributed by atoms with Crippen LogP contribution in [0, 0.1) is 5.82 Å². The van der Waals surface area contributed by atoms with Gasteiger partial charge in [0.2, 0.25) is 5.91 Å². The second-order valence-electron chi connectivity index (χ2n) is 6.04. The van der Waals surface area contributed by atoms with Gasteiger partial charge in [0.1, 0.15) is 11.6 Å². The first-order valence-corrected chi connectivity index (χ1v) is 8.49. The van der Waals surface area contributed by atoms with Crippen molar-refractivity contribution < 1.29 is 18.7 Å². The molecule has 0 aromatic heterocycles. The molecule has 3 aromatic rings. The van der Waals surface area contributed by atoms with Gasteiger partial charge in [0.15, 0.2) is 6.61 Å². The largest absolute Gasteiger partial charge is 0.484 e. The first-order valence-electron chi connectivity index (χ1n) is 8.49. The molecule has 0 heterocycles. The molecule has 0 spiro atoms. The van der Waals surface area contributed by atoms with Crippen molar-refractivity contribution >= 4 is 28.3 Å². The van der Waals surface area contributed by atoms with Gasteiger partial charge in [-0.25, -0.2) is 4.39 Å². The Morgan fingerprint density at radius 1 is 0.963 bits per heavy atom. The number of nitrogens with zero attached hydrogens (tertiary/aromatic N) is 1. The van der Waals surface area contributed by atoms with Crippen molar-refractivity contribution in [2.24, 2.45) is 5.73 Å². The maximum absolute atomic E-state index is 13.2. The topological polar surface area (TPSA) is 72.6 Å². The molecule has 27 heavy (non-hydrogen) atoms. The van der Waals surface area contributed by atoms with E-state index >= 15 is 0 Å². The molecule has 0 saturated carbocycles. The summed E-state index contributed by atoms with van der Waals surface area (Å²) in [5, 5.41) is 2.08. The Labute approximate surface area is 156 Å². The average molecular weight is 366 g/mol. The zero-order chi connectivity index (χ0) is 19.2. The van der Waals surface area contributed by atoms with Crippen LogP contribution in [0.15, 0.2) is 66.7 Å². The van der Waals surface area contributed by atoms with E-state index in [-0.39, 0.29) is 25.5 Å². The number of anilines is 1. The van der Waals surface area contributed by atoms with Crippen molar-refractivity contribution in [2.75, 3.05) is 18.1 Å². The Morgan fingerprint density at radius 2 is 1.67 bits per heavy atom. The fourth-order valence-corrected chi connectivity index (χ4v) is 2.72. The van der Waals surface area contributed by atoms with Gasteiger partial charge in [-0.2, -0.15) is 0 Å². The molecule has 0 aliphatic carbocycles. The second kappa shape index (κ2) is 8.31. The van der Waals surface area contributed by atoms with Crippen LogP contribution in [-0.4, -0.2) is 25.0 Å². The Hall–Kier alpha value is -3.41. The first kappa shape index (κ1) is 18.4. The zero-order valence-corrected chi connectivity index (χ0v) is 14.6. The van der Waals surface area contributed by atoms with Crippen LogP contribution in [0.2, 0.25) is 0 Å². The number of nitrogens with two attached hydrogens (primary N) is 1. The first-order chi connectivity index (χ1) is 13.0. The normalized spacial score (nSPS) is 10.6. The van der Waals surface area contributed by atoms with Gasteiger partial charge in [-0.1, -0.05) is 30.3 Å². The van der Waals surface area contributed by atoms with Crippen LogP contribution in [0.5, 0.6) is 5.75 Å². The summed E-state index contributed by atoms with van der Waals surface area (Å²) < 4.78 is 18.8. The van der Waals surface area contributed by atoms with Crippen LogP contribution in [0.3, 0.4) is 0 Å². The molecule has 2 amide bonds. The van der Waals surface area contributed by atoms with Crippen molar-refractivity contribution in [1.29, 1.82) is 0 Å². The predicted molar refractivity (Wildman–Crippen MR) is 102 cm³/mol. The quantitative estimate of drug-likeness (QED) is 0.697. The molecule has 5 nitrogen and oxygen atoms in total. The lowest BCUT2D eigenvalue weighted by atomic mass is 10.1. The number of ether oxygens (including phenoxy) is 1. The number of benzene rings is 3. The lowest BCUT2D eigenvalue weighted by Gasteiger charge is -2.22. The summed E-state index contributed by atoms with van der Waals surface area (Å²) in [6.07, 6.45) is -0.000902. The molecule has 6 heteroatoms. The summed E-state index contributed by atoms with van der Waals surface area (Å²) in [7, 11) is 0. The standard InChI is InChI=1S/C21H19FN2O3/c22-17-6-8-18(9-7-17)24(12-11-20(23)25)21(26)14-27-19-10-5-15-3-1-2-4-16(15)13-19/h1-10,13H,11-12,14H2,(H2,23,25). The summed E-state index contributed by atoms with van der Waals surface area (Å²) in [4.78, 5) is 25.1. The number of carbonyl (C=O) groups is 2. The minimum Gasteiger partial charge on any atom is -0.484 e. The number of primary amides is 1. The molecule has 0 bridgehead atoms. The Morgan fingerprint density at radius 3 is 2.37 bits per heavy atom. The fraction of sp³-hybridized carbons (Fsp3) is 0.143. The smallest absolute Gasteiger partial charge is 0.264 e. The number of carbonyl (C=O) groups excluding carboxylic acids is 2. The van der Waals surface area contributed by atoms with Crippen LogP contribution in [-0.2, 0) is 9.59 Å². The second-order valence-corrected chi connectivity index (χ2v) is 6.04. The Bertz CT molecular complexity index is 957. The van der Waals surface area contributed by atoms with Crippen LogP contribution in [0.4, 0.5) is 10.1 Å². The third kappa shape index (κ3) is 4.82. The molecular formula is C21H19FN2O3. The minimum absolute atomic E-state index is 0.000902. The third-order valence-corrected chi connectivity index (χ3v) is 4.10. The van der Waals surface area contributed by atoms with E-state index in [0.29, 0.717) is 11.4 Å². The number of halogens is 1. The zero-order valence-electron chi connectivity index (χ0n) is 14.6.